The summed E-state index contributed by atoms with van der Waals surface area (Å²) in [6.45, 7) is 4.02. The number of amides is 1. The highest BCUT2D eigenvalue weighted by molar-refractivity contribution is 5.98. The molecule has 1 fully saturated rings. The molecule has 1 heterocycles. The lowest BCUT2D eigenvalue weighted by molar-refractivity contribution is -0.122. The summed E-state index contributed by atoms with van der Waals surface area (Å²) in [6, 6.07) is 8.91. The number of hydrogen-bond donors (Lipinski definition) is 0. The molecular formula is C18H21NO. The van der Waals surface area contributed by atoms with E-state index in [1.165, 1.54) is 24.1 Å². The lowest BCUT2D eigenvalue weighted by Gasteiger charge is -2.44. The predicted octanol–water partition coefficient (Wildman–Crippen LogP) is 3.74. The van der Waals surface area contributed by atoms with Crippen LogP contribution in [-0.4, -0.2) is 11.9 Å². The van der Waals surface area contributed by atoms with E-state index in [-0.39, 0.29) is 11.8 Å². The van der Waals surface area contributed by atoms with Crippen molar-refractivity contribution in [2.45, 2.75) is 38.6 Å². The minimum Gasteiger partial charge on any atom is -0.308 e. The van der Waals surface area contributed by atoms with Crippen LogP contribution in [0.2, 0.25) is 0 Å². The average Bonchev–Trinajstić information content (AvgIpc) is 2.84. The van der Waals surface area contributed by atoms with Crippen molar-refractivity contribution in [1.29, 1.82) is 0 Å². The van der Waals surface area contributed by atoms with Crippen LogP contribution in [0, 0.1) is 17.8 Å². The van der Waals surface area contributed by atoms with Crippen molar-refractivity contribution in [3.63, 3.8) is 0 Å². The second-order valence-corrected chi connectivity index (χ2v) is 6.73. The lowest BCUT2D eigenvalue weighted by atomic mass is 9.65. The van der Waals surface area contributed by atoms with Gasteiger partial charge in [-0.2, -0.15) is 0 Å². The van der Waals surface area contributed by atoms with Gasteiger partial charge in [-0.25, -0.2) is 0 Å². The minimum absolute atomic E-state index is 0.0613. The normalized spacial score (nSPS) is 33.5. The highest BCUT2D eigenvalue weighted by Crippen LogP contribution is 2.55. The van der Waals surface area contributed by atoms with Crippen molar-refractivity contribution in [2.24, 2.45) is 17.8 Å². The van der Waals surface area contributed by atoms with Gasteiger partial charge in [0.25, 0.3) is 0 Å². The Labute approximate surface area is 120 Å². The Hall–Kier alpha value is -1.57. The SMILES string of the molecule is CC(C)C(=O)N1c2ccccc2[C@H]2[C@@H]1[C@H]1C=C[C@@H]2CC1. The lowest BCUT2D eigenvalue weighted by Crippen LogP contribution is -2.50. The largest absolute Gasteiger partial charge is 0.308 e. The van der Waals surface area contributed by atoms with E-state index in [1.54, 1.807) is 0 Å². The van der Waals surface area contributed by atoms with Gasteiger partial charge in [0, 0.05) is 17.5 Å². The molecule has 0 N–H and O–H groups in total. The fraction of sp³-hybridized carbons (Fsp3) is 0.500. The summed E-state index contributed by atoms with van der Waals surface area (Å²) in [4.78, 5) is 14.9. The van der Waals surface area contributed by atoms with Crippen LogP contribution in [0.3, 0.4) is 0 Å². The summed E-state index contributed by atoms with van der Waals surface area (Å²) in [7, 11) is 0. The highest BCUT2D eigenvalue weighted by Gasteiger charge is 2.51. The van der Waals surface area contributed by atoms with Gasteiger partial charge in [0.05, 0.1) is 6.04 Å². The number of rotatable bonds is 1. The van der Waals surface area contributed by atoms with E-state index < -0.39 is 0 Å². The first-order valence-electron chi connectivity index (χ1n) is 7.79. The first-order valence-corrected chi connectivity index (χ1v) is 7.79. The Balaban J connectivity index is 1.87. The van der Waals surface area contributed by atoms with Crippen LogP contribution in [0.5, 0.6) is 0 Å². The number of allylic oxidation sites excluding steroid dienone is 1. The smallest absolute Gasteiger partial charge is 0.229 e. The van der Waals surface area contributed by atoms with Gasteiger partial charge in [-0.1, -0.05) is 44.2 Å². The third-order valence-electron chi connectivity index (χ3n) is 5.29. The Morgan fingerprint density at radius 3 is 2.55 bits per heavy atom. The Kier molecular flexibility index (Phi) is 2.57. The third kappa shape index (κ3) is 1.48. The Morgan fingerprint density at radius 1 is 1.15 bits per heavy atom. The molecule has 1 aliphatic heterocycles. The van der Waals surface area contributed by atoms with Gasteiger partial charge < -0.3 is 4.90 Å². The van der Waals surface area contributed by atoms with E-state index in [2.05, 4.69) is 41.3 Å². The molecule has 0 radical (unpaired) electrons. The second-order valence-electron chi connectivity index (χ2n) is 6.73. The summed E-state index contributed by atoms with van der Waals surface area (Å²) in [5.41, 5.74) is 2.56. The van der Waals surface area contributed by atoms with Gasteiger partial charge in [-0.05, 0) is 36.3 Å². The van der Waals surface area contributed by atoms with Gasteiger partial charge in [-0.15, -0.1) is 0 Å². The van der Waals surface area contributed by atoms with Gasteiger partial charge >= 0.3 is 0 Å². The first kappa shape index (κ1) is 12.2. The average molecular weight is 267 g/mol. The standard InChI is InChI=1S/C18H21NO/c1-11(2)18(20)19-15-6-4-3-5-14(15)16-12-7-9-13(10-8-12)17(16)19/h3-7,9,11-13,16-17H,8,10H2,1-2H3/t12-,13+,16+,17+/m1/s1. The number of carbonyl (C=O) groups is 1. The van der Waals surface area contributed by atoms with Crippen LogP contribution in [0.1, 0.15) is 38.2 Å². The number of fused-ring (bicyclic) bond motifs is 2. The fourth-order valence-corrected chi connectivity index (χ4v) is 4.43. The van der Waals surface area contributed by atoms with E-state index in [9.17, 15) is 4.79 Å². The summed E-state index contributed by atoms with van der Waals surface area (Å²) in [5, 5.41) is 0. The maximum Gasteiger partial charge on any atom is 0.229 e. The van der Waals surface area contributed by atoms with Gasteiger partial charge in [0.1, 0.15) is 0 Å². The van der Waals surface area contributed by atoms with E-state index in [0.717, 1.165) is 0 Å². The number of carbonyl (C=O) groups excluding carboxylic acids is 1. The number of para-hydroxylation sites is 1. The molecular weight excluding hydrogens is 246 g/mol. The van der Waals surface area contributed by atoms with Gasteiger partial charge in [-0.3, -0.25) is 4.79 Å². The second kappa shape index (κ2) is 4.21. The maximum atomic E-state index is 12.7. The molecule has 104 valence electrons. The Morgan fingerprint density at radius 2 is 1.85 bits per heavy atom. The number of nitrogens with zero attached hydrogens (tertiary/aromatic N) is 1. The molecule has 0 spiro atoms. The topological polar surface area (TPSA) is 20.3 Å². The van der Waals surface area contributed by atoms with Crippen LogP contribution < -0.4 is 4.90 Å². The number of anilines is 1. The quantitative estimate of drug-likeness (QED) is 0.710. The summed E-state index contributed by atoms with van der Waals surface area (Å²) in [6.07, 6.45) is 7.27. The fourth-order valence-electron chi connectivity index (χ4n) is 4.43. The number of benzene rings is 1. The van der Waals surface area contributed by atoms with E-state index in [0.29, 0.717) is 23.8 Å². The van der Waals surface area contributed by atoms with Crippen LogP contribution in [0.25, 0.3) is 0 Å². The molecule has 1 aromatic rings. The van der Waals surface area contributed by atoms with Crippen molar-refractivity contribution in [3.8, 4) is 0 Å². The molecule has 3 aliphatic carbocycles. The van der Waals surface area contributed by atoms with Crippen molar-refractivity contribution in [1.82, 2.24) is 0 Å². The minimum atomic E-state index is 0.0613. The van der Waals surface area contributed by atoms with Crippen LogP contribution in [0.4, 0.5) is 5.69 Å². The van der Waals surface area contributed by atoms with E-state index in [4.69, 9.17) is 0 Å². The van der Waals surface area contributed by atoms with Crippen LogP contribution in [0.15, 0.2) is 36.4 Å². The first-order chi connectivity index (χ1) is 9.68. The molecule has 0 unspecified atom stereocenters. The third-order valence-corrected chi connectivity index (χ3v) is 5.29. The monoisotopic (exact) mass is 267 g/mol. The molecule has 5 rings (SSSR count). The van der Waals surface area contributed by atoms with Gasteiger partial charge in [0.2, 0.25) is 5.91 Å². The van der Waals surface area contributed by atoms with E-state index in [1.807, 2.05) is 13.8 Å². The maximum absolute atomic E-state index is 12.7. The highest BCUT2D eigenvalue weighted by atomic mass is 16.2. The molecule has 0 saturated heterocycles. The molecule has 1 aromatic carbocycles. The molecule has 4 atom stereocenters. The zero-order chi connectivity index (χ0) is 13.9. The van der Waals surface area contributed by atoms with Crippen molar-refractivity contribution in [3.05, 3.63) is 42.0 Å². The molecule has 2 nitrogen and oxygen atoms in total. The zero-order valence-corrected chi connectivity index (χ0v) is 12.1. The summed E-state index contributed by atoms with van der Waals surface area (Å²) >= 11 is 0. The van der Waals surface area contributed by atoms with Crippen molar-refractivity contribution < 1.29 is 4.79 Å². The molecule has 1 saturated carbocycles. The van der Waals surface area contributed by atoms with Gasteiger partial charge in [0.15, 0.2) is 0 Å². The molecule has 0 aromatic heterocycles. The van der Waals surface area contributed by atoms with Crippen LogP contribution >= 0.6 is 0 Å². The summed E-state index contributed by atoms with van der Waals surface area (Å²) in [5.74, 6) is 2.03. The molecule has 2 bridgehead atoms. The predicted molar refractivity (Wildman–Crippen MR) is 80.6 cm³/mol. The van der Waals surface area contributed by atoms with E-state index >= 15 is 0 Å². The summed E-state index contributed by atoms with van der Waals surface area (Å²) < 4.78 is 0. The molecule has 20 heavy (non-hydrogen) atoms. The number of hydrogen-bond acceptors (Lipinski definition) is 1. The zero-order valence-electron chi connectivity index (χ0n) is 12.1. The molecule has 2 heteroatoms. The van der Waals surface area contributed by atoms with Crippen molar-refractivity contribution in [2.75, 3.05) is 4.90 Å². The Bertz CT molecular complexity index is 589. The van der Waals surface area contributed by atoms with Crippen molar-refractivity contribution >= 4 is 11.6 Å². The molecule has 1 amide bonds. The molecule has 4 aliphatic rings. The van der Waals surface area contributed by atoms with Crippen LogP contribution in [-0.2, 0) is 4.79 Å².